The Kier molecular flexibility index (Phi) is 5.35. The second-order valence-electron chi connectivity index (χ2n) is 5.64. The first kappa shape index (κ1) is 17.9. The monoisotopic (exact) mass is 338 g/mol. The smallest absolute Gasteiger partial charge is 0.330 e. The van der Waals surface area contributed by atoms with Crippen molar-refractivity contribution in [3.05, 3.63) is 74.1 Å². The summed E-state index contributed by atoms with van der Waals surface area (Å²) in [7, 11) is 2.92. The van der Waals surface area contributed by atoms with Crippen LogP contribution in [0.2, 0.25) is 0 Å². The Morgan fingerprint density at radius 3 is 2.48 bits per heavy atom. The maximum Gasteiger partial charge on any atom is 0.330 e. The van der Waals surface area contributed by atoms with Crippen molar-refractivity contribution in [1.29, 1.82) is 5.26 Å². The third-order valence-corrected chi connectivity index (χ3v) is 3.79. The van der Waals surface area contributed by atoms with Crippen molar-refractivity contribution < 1.29 is 4.79 Å². The van der Waals surface area contributed by atoms with E-state index in [9.17, 15) is 14.4 Å². The van der Waals surface area contributed by atoms with Gasteiger partial charge < -0.3 is 9.88 Å². The molecule has 1 aromatic heterocycles. The SMILES string of the molecule is CC(NC(=O)/C=C/c1cn(C)c(=O)n(C)c1=O)c1ccc(C#N)cc1. The van der Waals surface area contributed by atoms with Crippen LogP contribution in [0.25, 0.3) is 6.08 Å². The molecule has 25 heavy (non-hydrogen) atoms. The Morgan fingerprint density at radius 2 is 1.88 bits per heavy atom. The Balaban J connectivity index is 2.12. The van der Waals surface area contributed by atoms with Gasteiger partial charge in [-0.15, -0.1) is 0 Å². The Hall–Kier alpha value is -3.40. The van der Waals surface area contributed by atoms with Gasteiger partial charge in [0.05, 0.1) is 23.2 Å². The lowest BCUT2D eigenvalue weighted by Crippen LogP contribution is -2.37. The Morgan fingerprint density at radius 1 is 1.24 bits per heavy atom. The molecule has 1 aromatic carbocycles. The molecule has 1 heterocycles. The number of rotatable bonds is 4. The van der Waals surface area contributed by atoms with E-state index in [1.165, 1.54) is 37.0 Å². The van der Waals surface area contributed by atoms with Crippen molar-refractivity contribution >= 4 is 12.0 Å². The van der Waals surface area contributed by atoms with E-state index in [-0.39, 0.29) is 17.5 Å². The molecule has 0 saturated carbocycles. The van der Waals surface area contributed by atoms with Crippen LogP contribution < -0.4 is 16.6 Å². The highest BCUT2D eigenvalue weighted by Crippen LogP contribution is 2.13. The van der Waals surface area contributed by atoms with Gasteiger partial charge in [0.2, 0.25) is 5.91 Å². The molecule has 1 amide bonds. The van der Waals surface area contributed by atoms with E-state index in [4.69, 9.17) is 5.26 Å². The van der Waals surface area contributed by atoms with Gasteiger partial charge in [-0.3, -0.25) is 14.2 Å². The van der Waals surface area contributed by atoms with Gasteiger partial charge >= 0.3 is 5.69 Å². The lowest BCUT2D eigenvalue weighted by atomic mass is 10.1. The number of aryl methyl sites for hydroxylation is 1. The summed E-state index contributed by atoms with van der Waals surface area (Å²) in [5.74, 6) is -0.368. The highest BCUT2D eigenvalue weighted by molar-refractivity contribution is 5.91. The number of hydrogen-bond donors (Lipinski definition) is 1. The molecule has 7 nitrogen and oxygen atoms in total. The number of hydrogen-bond acceptors (Lipinski definition) is 4. The van der Waals surface area contributed by atoms with Crippen LogP contribution in [0.4, 0.5) is 0 Å². The standard InChI is InChI=1S/C18H18N4O3/c1-12(14-6-4-13(10-19)5-7-14)20-16(23)9-8-15-11-21(2)18(25)22(3)17(15)24/h4-9,11-12H,1-3H3,(H,20,23)/b9-8+. The second kappa shape index (κ2) is 7.45. The van der Waals surface area contributed by atoms with E-state index in [2.05, 4.69) is 5.32 Å². The van der Waals surface area contributed by atoms with E-state index in [0.717, 1.165) is 10.1 Å². The van der Waals surface area contributed by atoms with E-state index >= 15 is 0 Å². The molecule has 0 fully saturated rings. The molecule has 1 atom stereocenters. The molecule has 0 aliphatic rings. The van der Waals surface area contributed by atoms with Crippen molar-refractivity contribution in [1.82, 2.24) is 14.5 Å². The zero-order chi connectivity index (χ0) is 18.6. The minimum absolute atomic E-state index is 0.241. The molecule has 1 unspecified atom stereocenters. The molecule has 128 valence electrons. The van der Waals surface area contributed by atoms with Crippen molar-refractivity contribution in [3.63, 3.8) is 0 Å². The van der Waals surface area contributed by atoms with Crippen LogP contribution in [-0.2, 0) is 18.9 Å². The largest absolute Gasteiger partial charge is 0.346 e. The average Bonchev–Trinajstić information content (AvgIpc) is 2.61. The fraction of sp³-hybridized carbons (Fsp3) is 0.222. The molecule has 0 aliphatic heterocycles. The molecule has 0 radical (unpaired) electrons. The van der Waals surface area contributed by atoms with Crippen LogP contribution in [0.15, 0.2) is 46.1 Å². The van der Waals surface area contributed by atoms with Crippen LogP contribution in [0.1, 0.15) is 29.7 Å². The minimum atomic E-state index is -0.465. The number of nitriles is 1. The van der Waals surface area contributed by atoms with Gasteiger partial charge in [0.25, 0.3) is 5.56 Å². The summed E-state index contributed by atoms with van der Waals surface area (Å²) in [5, 5.41) is 11.6. The summed E-state index contributed by atoms with van der Waals surface area (Å²) in [6.07, 6.45) is 4.02. The first-order chi connectivity index (χ1) is 11.8. The number of nitrogens with one attached hydrogen (secondary N) is 1. The summed E-state index contributed by atoms with van der Waals surface area (Å²) in [6, 6.07) is 8.69. The van der Waals surface area contributed by atoms with Crippen LogP contribution >= 0.6 is 0 Å². The summed E-state index contributed by atoms with van der Waals surface area (Å²) < 4.78 is 2.26. The van der Waals surface area contributed by atoms with Crippen LogP contribution in [0.3, 0.4) is 0 Å². The average molecular weight is 338 g/mol. The van der Waals surface area contributed by atoms with E-state index in [1.54, 1.807) is 24.3 Å². The molecular weight excluding hydrogens is 320 g/mol. The zero-order valence-electron chi connectivity index (χ0n) is 14.2. The first-order valence-corrected chi connectivity index (χ1v) is 7.58. The molecular formula is C18H18N4O3. The molecule has 2 rings (SSSR count). The lowest BCUT2D eigenvalue weighted by molar-refractivity contribution is -0.117. The second-order valence-corrected chi connectivity index (χ2v) is 5.64. The van der Waals surface area contributed by atoms with Gasteiger partial charge in [-0.05, 0) is 30.7 Å². The van der Waals surface area contributed by atoms with Gasteiger partial charge in [0.1, 0.15) is 0 Å². The predicted molar refractivity (Wildman–Crippen MR) is 93.7 cm³/mol. The van der Waals surface area contributed by atoms with Gasteiger partial charge in [-0.1, -0.05) is 12.1 Å². The Bertz CT molecular complexity index is 975. The summed E-state index contributed by atoms with van der Waals surface area (Å²) in [4.78, 5) is 35.7. The number of nitrogens with zero attached hydrogens (tertiary/aromatic N) is 3. The summed E-state index contributed by atoms with van der Waals surface area (Å²) >= 11 is 0. The van der Waals surface area contributed by atoms with E-state index < -0.39 is 11.2 Å². The molecule has 2 aromatic rings. The minimum Gasteiger partial charge on any atom is -0.346 e. The van der Waals surface area contributed by atoms with Crippen LogP contribution in [0.5, 0.6) is 0 Å². The fourth-order valence-corrected chi connectivity index (χ4v) is 2.31. The summed E-state index contributed by atoms with van der Waals surface area (Å²) in [6.45, 7) is 1.82. The third kappa shape index (κ3) is 4.12. The number of amides is 1. The van der Waals surface area contributed by atoms with Gasteiger partial charge in [-0.2, -0.15) is 5.26 Å². The van der Waals surface area contributed by atoms with Crippen molar-refractivity contribution in [3.8, 4) is 6.07 Å². The van der Waals surface area contributed by atoms with E-state index in [1.807, 2.05) is 13.0 Å². The van der Waals surface area contributed by atoms with E-state index in [0.29, 0.717) is 5.56 Å². The molecule has 1 N–H and O–H groups in total. The lowest BCUT2D eigenvalue weighted by Gasteiger charge is -2.12. The summed E-state index contributed by atoms with van der Waals surface area (Å²) in [5.41, 5.74) is 0.755. The number of aromatic nitrogens is 2. The van der Waals surface area contributed by atoms with Crippen molar-refractivity contribution in [2.45, 2.75) is 13.0 Å². The number of benzene rings is 1. The predicted octanol–water partition coefficient (Wildman–Crippen LogP) is 0.846. The Labute approximate surface area is 144 Å². The van der Waals surface area contributed by atoms with Crippen LogP contribution in [0, 0.1) is 11.3 Å². The molecule has 0 bridgehead atoms. The molecule has 0 saturated heterocycles. The zero-order valence-corrected chi connectivity index (χ0v) is 14.2. The molecule has 7 heteroatoms. The third-order valence-electron chi connectivity index (χ3n) is 3.79. The highest BCUT2D eigenvalue weighted by atomic mass is 16.2. The van der Waals surface area contributed by atoms with Crippen molar-refractivity contribution in [2.75, 3.05) is 0 Å². The van der Waals surface area contributed by atoms with Gasteiger partial charge in [0, 0.05) is 26.4 Å². The molecule has 0 spiro atoms. The normalized spacial score (nSPS) is 11.9. The maximum absolute atomic E-state index is 12.0. The molecule has 0 aliphatic carbocycles. The van der Waals surface area contributed by atoms with Crippen LogP contribution in [-0.4, -0.2) is 15.0 Å². The quantitative estimate of drug-likeness (QED) is 0.836. The van der Waals surface area contributed by atoms with Crippen molar-refractivity contribution in [2.24, 2.45) is 14.1 Å². The first-order valence-electron chi connectivity index (χ1n) is 7.58. The fourth-order valence-electron chi connectivity index (χ4n) is 2.31. The van der Waals surface area contributed by atoms with Gasteiger partial charge in [-0.25, -0.2) is 4.79 Å². The maximum atomic E-state index is 12.0. The topological polar surface area (TPSA) is 96.9 Å². The highest BCUT2D eigenvalue weighted by Gasteiger charge is 2.08. The van der Waals surface area contributed by atoms with Gasteiger partial charge in [0.15, 0.2) is 0 Å². The number of carbonyl (C=O) groups excluding carboxylic acids is 1. The number of carbonyl (C=O) groups is 1.